The SMILES string of the molecule is COc1ccc2cc3cc(C(=O)Nc4c(C)cc(C)cc4C)sc3nc2c1. The first kappa shape index (κ1) is 17.5. The molecular weight excluding hydrogens is 356 g/mol. The molecule has 2 aromatic carbocycles. The second kappa shape index (κ2) is 6.67. The summed E-state index contributed by atoms with van der Waals surface area (Å²) in [7, 11) is 1.64. The molecule has 0 aliphatic heterocycles. The van der Waals surface area contributed by atoms with Crippen LogP contribution in [0.5, 0.6) is 5.75 Å². The van der Waals surface area contributed by atoms with Crippen LogP contribution in [0.3, 0.4) is 0 Å². The summed E-state index contributed by atoms with van der Waals surface area (Å²) in [4.78, 5) is 19.0. The van der Waals surface area contributed by atoms with Crippen molar-refractivity contribution in [3.63, 3.8) is 0 Å². The van der Waals surface area contributed by atoms with Crippen LogP contribution in [0, 0.1) is 20.8 Å². The Morgan fingerprint density at radius 2 is 1.74 bits per heavy atom. The van der Waals surface area contributed by atoms with Gasteiger partial charge in [-0.25, -0.2) is 4.98 Å². The zero-order valence-corrected chi connectivity index (χ0v) is 16.5. The average molecular weight is 376 g/mol. The van der Waals surface area contributed by atoms with Crippen LogP contribution in [0.2, 0.25) is 0 Å². The Hall–Kier alpha value is -2.92. The summed E-state index contributed by atoms with van der Waals surface area (Å²) < 4.78 is 5.27. The smallest absolute Gasteiger partial charge is 0.265 e. The van der Waals surface area contributed by atoms with Crippen LogP contribution in [0.25, 0.3) is 21.1 Å². The van der Waals surface area contributed by atoms with Gasteiger partial charge in [0.25, 0.3) is 5.91 Å². The van der Waals surface area contributed by atoms with Crippen LogP contribution >= 0.6 is 11.3 Å². The lowest BCUT2D eigenvalue weighted by atomic mass is 10.1. The van der Waals surface area contributed by atoms with Gasteiger partial charge in [0.1, 0.15) is 10.6 Å². The number of aryl methyl sites for hydroxylation is 3. The minimum Gasteiger partial charge on any atom is -0.497 e. The lowest BCUT2D eigenvalue weighted by Gasteiger charge is -2.12. The summed E-state index contributed by atoms with van der Waals surface area (Å²) >= 11 is 1.40. The maximum Gasteiger partial charge on any atom is 0.265 e. The van der Waals surface area contributed by atoms with Gasteiger partial charge in [0.05, 0.1) is 17.5 Å². The van der Waals surface area contributed by atoms with Crippen molar-refractivity contribution in [1.82, 2.24) is 4.98 Å². The fourth-order valence-electron chi connectivity index (χ4n) is 3.40. The van der Waals surface area contributed by atoms with Crippen LogP contribution in [0.1, 0.15) is 26.4 Å². The van der Waals surface area contributed by atoms with Crippen LogP contribution in [-0.4, -0.2) is 18.0 Å². The van der Waals surface area contributed by atoms with Gasteiger partial charge in [0.15, 0.2) is 0 Å². The topological polar surface area (TPSA) is 51.2 Å². The number of ether oxygens (including phenoxy) is 1. The zero-order chi connectivity index (χ0) is 19.1. The highest BCUT2D eigenvalue weighted by molar-refractivity contribution is 7.20. The zero-order valence-electron chi connectivity index (χ0n) is 15.7. The molecule has 0 atom stereocenters. The summed E-state index contributed by atoms with van der Waals surface area (Å²) in [5.41, 5.74) is 5.07. The van der Waals surface area contributed by atoms with Crippen molar-refractivity contribution < 1.29 is 9.53 Å². The number of nitrogens with zero attached hydrogens (tertiary/aromatic N) is 1. The van der Waals surface area contributed by atoms with E-state index < -0.39 is 0 Å². The van der Waals surface area contributed by atoms with Crippen molar-refractivity contribution in [2.45, 2.75) is 20.8 Å². The number of fused-ring (bicyclic) bond motifs is 2. The second-order valence-electron chi connectivity index (χ2n) is 6.78. The van der Waals surface area contributed by atoms with Crippen molar-refractivity contribution in [3.8, 4) is 5.75 Å². The highest BCUT2D eigenvalue weighted by Crippen LogP contribution is 2.30. The summed E-state index contributed by atoms with van der Waals surface area (Å²) in [6.07, 6.45) is 0. The number of nitrogens with one attached hydrogen (secondary N) is 1. The number of carbonyl (C=O) groups excluding carboxylic acids is 1. The molecule has 0 aliphatic rings. The van der Waals surface area contributed by atoms with Gasteiger partial charge < -0.3 is 10.1 Å². The molecule has 0 aliphatic carbocycles. The monoisotopic (exact) mass is 376 g/mol. The Morgan fingerprint density at radius 1 is 1.00 bits per heavy atom. The van der Waals surface area contributed by atoms with Gasteiger partial charge >= 0.3 is 0 Å². The van der Waals surface area contributed by atoms with Gasteiger partial charge in [-0.2, -0.15) is 0 Å². The lowest BCUT2D eigenvalue weighted by Crippen LogP contribution is -2.12. The third kappa shape index (κ3) is 3.26. The Bertz CT molecular complexity index is 1170. The molecule has 0 spiro atoms. The summed E-state index contributed by atoms with van der Waals surface area (Å²) in [6.45, 7) is 6.09. The molecular formula is C22H20N2O2S. The molecule has 0 unspecified atom stereocenters. The fraction of sp³-hybridized carbons (Fsp3) is 0.182. The Balaban J connectivity index is 1.71. The van der Waals surface area contributed by atoms with E-state index in [0.29, 0.717) is 4.88 Å². The molecule has 2 heterocycles. The highest BCUT2D eigenvalue weighted by Gasteiger charge is 2.14. The van der Waals surface area contributed by atoms with Crippen molar-refractivity contribution in [2.75, 3.05) is 12.4 Å². The van der Waals surface area contributed by atoms with Gasteiger partial charge in [-0.05, 0) is 56.2 Å². The van der Waals surface area contributed by atoms with E-state index >= 15 is 0 Å². The fourth-order valence-corrected chi connectivity index (χ4v) is 4.31. The first-order valence-corrected chi connectivity index (χ1v) is 9.54. The molecule has 136 valence electrons. The predicted molar refractivity (Wildman–Crippen MR) is 112 cm³/mol. The van der Waals surface area contributed by atoms with E-state index in [1.165, 1.54) is 16.9 Å². The minimum atomic E-state index is -0.102. The first-order valence-electron chi connectivity index (χ1n) is 8.72. The number of benzene rings is 2. The van der Waals surface area contributed by atoms with Crippen LogP contribution < -0.4 is 10.1 Å². The van der Waals surface area contributed by atoms with Gasteiger partial charge in [-0.15, -0.1) is 11.3 Å². The van der Waals surface area contributed by atoms with Gasteiger partial charge in [0, 0.05) is 22.5 Å². The van der Waals surface area contributed by atoms with E-state index in [0.717, 1.165) is 43.7 Å². The molecule has 1 amide bonds. The van der Waals surface area contributed by atoms with E-state index in [2.05, 4.69) is 30.4 Å². The summed E-state index contributed by atoms with van der Waals surface area (Å²) in [5, 5.41) is 5.07. The van der Waals surface area contributed by atoms with Crippen molar-refractivity contribution in [2.24, 2.45) is 0 Å². The van der Waals surface area contributed by atoms with E-state index in [9.17, 15) is 4.79 Å². The molecule has 5 heteroatoms. The maximum atomic E-state index is 12.8. The molecule has 0 radical (unpaired) electrons. The molecule has 27 heavy (non-hydrogen) atoms. The number of rotatable bonds is 3. The van der Waals surface area contributed by atoms with E-state index in [4.69, 9.17) is 9.72 Å². The number of anilines is 1. The quantitative estimate of drug-likeness (QED) is 0.504. The van der Waals surface area contributed by atoms with E-state index in [1.54, 1.807) is 7.11 Å². The summed E-state index contributed by atoms with van der Waals surface area (Å²) in [5.74, 6) is 0.670. The Morgan fingerprint density at radius 3 is 2.44 bits per heavy atom. The molecule has 1 N–H and O–H groups in total. The Labute approximate surface area is 161 Å². The van der Waals surface area contributed by atoms with Crippen LogP contribution in [0.15, 0.2) is 42.5 Å². The largest absolute Gasteiger partial charge is 0.497 e. The van der Waals surface area contributed by atoms with Crippen molar-refractivity contribution in [1.29, 1.82) is 0 Å². The molecule has 0 saturated carbocycles. The standard InChI is InChI=1S/C22H20N2O2S/c1-12-7-13(2)20(14(3)8-12)24-21(25)19-10-16-9-15-5-6-17(26-4)11-18(15)23-22(16)27-19/h5-11H,1-4H3,(H,24,25). The molecule has 0 saturated heterocycles. The number of amides is 1. The Kier molecular flexibility index (Phi) is 4.32. The van der Waals surface area contributed by atoms with Gasteiger partial charge in [-0.3, -0.25) is 4.79 Å². The molecule has 4 nitrogen and oxygen atoms in total. The minimum absolute atomic E-state index is 0.102. The molecule has 2 aromatic heterocycles. The third-order valence-corrected chi connectivity index (χ3v) is 5.69. The molecule has 4 aromatic rings. The van der Waals surface area contributed by atoms with Gasteiger partial charge in [0.2, 0.25) is 0 Å². The van der Waals surface area contributed by atoms with Crippen LogP contribution in [-0.2, 0) is 0 Å². The lowest BCUT2D eigenvalue weighted by molar-refractivity contribution is 0.103. The number of aromatic nitrogens is 1. The van der Waals surface area contributed by atoms with Crippen molar-refractivity contribution >= 4 is 44.1 Å². The maximum absolute atomic E-state index is 12.8. The number of hydrogen-bond acceptors (Lipinski definition) is 4. The number of carbonyl (C=O) groups is 1. The first-order chi connectivity index (χ1) is 12.9. The number of pyridine rings is 1. The average Bonchev–Trinajstić information content (AvgIpc) is 3.05. The molecule has 4 rings (SSSR count). The van der Waals surface area contributed by atoms with E-state index in [1.807, 2.05) is 38.1 Å². The normalized spacial score (nSPS) is 11.1. The highest BCUT2D eigenvalue weighted by atomic mass is 32.1. The van der Waals surface area contributed by atoms with Gasteiger partial charge in [-0.1, -0.05) is 17.7 Å². The molecule has 0 bridgehead atoms. The second-order valence-corrected chi connectivity index (χ2v) is 7.81. The summed E-state index contributed by atoms with van der Waals surface area (Å²) in [6, 6.07) is 13.9. The predicted octanol–water partition coefficient (Wildman–Crippen LogP) is 5.64. The third-order valence-electron chi connectivity index (χ3n) is 4.65. The number of thiophene rings is 1. The molecule has 0 fully saturated rings. The van der Waals surface area contributed by atoms with Crippen molar-refractivity contribution in [3.05, 3.63) is 64.0 Å². The van der Waals surface area contributed by atoms with Crippen LogP contribution in [0.4, 0.5) is 5.69 Å². The van der Waals surface area contributed by atoms with E-state index in [-0.39, 0.29) is 5.91 Å². The number of methoxy groups -OCH3 is 1. The number of hydrogen-bond donors (Lipinski definition) is 1.